The van der Waals surface area contributed by atoms with E-state index in [1.54, 1.807) is 0 Å². The van der Waals surface area contributed by atoms with Crippen molar-refractivity contribution in [2.45, 2.75) is 13.0 Å². The Kier molecular flexibility index (Phi) is 2.10. The first-order valence-corrected chi connectivity index (χ1v) is 7.48. The van der Waals surface area contributed by atoms with Crippen LogP contribution in [-0.2, 0) is 0 Å². The molecular weight excluding hydrogens is 291 g/mol. The summed E-state index contributed by atoms with van der Waals surface area (Å²) >= 11 is 0.101. The van der Waals surface area contributed by atoms with Crippen molar-refractivity contribution in [1.29, 1.82) is 0 Å². The van der Waals surface area contributed by atoms with Gasteiger partial charge in [0.1, 0.15) is 0 Å². The number of fused-ring (bicyclic) bond motifs is 5. The van der Waals surface area contributed by atoms with Gasteiger partial charge in [-0.2, -0.15) is 0 Å². The molecule has 2 heterocycles. The predicted octanol–water partition coefficient (Wildman–Crippen LogP) is 2.81. The van der Waals surface area contributed by atoms with E-state index in [4.69, 9.17) is 4.74 Å². The van der Waals surface area contributed by atoms with Crippen molar-refractivity contribution in [2.75, 3.05) is 0 Å². The number of aromatic nitrogens is 2. The number of hydrogen-bond acceptors (Lipinski definition) is 3. The van der Waals surface area contributed by atoms with E-state index in [-0.39, 0.29) is 20.8 Å². The van der Waals surface area contributed by atoms with Crippen LogP contribution in [0.25, 0.3) is 22.0 Å². The maximum absolute atomic E-state index is 5.99. The van der Waals surface area contributed by atoms with Gasteiger partial charge < -0.3 is 0 Å². The zero-order chi connectivity index (χ0) is 12.1. The molecule has 1 aromatic heterocycles. The van der Waals surface area contributed by atoms with Crippen LogP contribution < -0.4 is 4.74 Å². The molecule has 1 aliphatic heterocycles. The molecule has 3 aromatic rings. The molecule has 3 nitrogen and oxygen atoms in total. The van der Waals surface area contributed by atoms with Gasteiger partial charge in [0.25, 0.3) is 0 Å². The molecule has 0 aliphatic carbocycles. The SMILES string of the molecule is CC1Oc2ccc3ccccc3c2-c2nn[se]c21. The Morgan fingerprint density at radius 3 is 3.00 bits per heavy atom. The van der Waals surface area contributed by atoms with Crippen LogP contribution >= 0.6 is 0 Å². The van der Waals surface area contributed by atoms with Crippen molar-refractivity contribution in [2.24, 2.45) is 0 Å². The molecule has 1 unspecified atom stereocenters. The number of nitrogens with zero attached hydrogens (tertiary/aromatic N) is 2. The Labute approximate surface area is 110 Å². The van der Waals surface area contributed by atoms with E-state index in [1.165, 1.54) is 15.2 Å². The van der Waals surface area contributed by atoms with Crippen molar-refractivity contribution < 1.29 is 4.74 Å². The van der Waals surface area contributed by atoms with Gasteiger partial charge >= 0.3 is 110 Å². The van der Waals surface area contributed by atoms with Crippen molar-refractivity contribution >= 4 is 25.5 Å². The summed E-state index contributed by atoms with van der Waals surface area (Å²) in [5.41, 5.74) is 2.16. The third-order valence-corrected chi connectivity index (χ3v) is 5.17. The first-order valence-electron chi connectivity index (χ1n) is 5.85. The molecule has 88 valence electrons. The molecule has 1 aliphatic rings. The summed E-state index contributed by atoms with van der Waals surface area (Å²) in [6.07, 6.45) is 0.101. The van der Waals surface area contributed by atoms with Gasteiger partial charge in [-0.15, -0.1) is 0 Å². The van der Waals surface area contributed by atoms with Gasteiger partial charge in [-0.3, -0.25) is 0 Å². The van der Waals surface area contributed by atoms with E-state index in [1.807, 2.05) is 6.07 Å². The maximum atomic E-state index is 5.99. The minimum atomic E-state index is 0.101. The van der Waals surface area contributed by atoms with Crippen LogP contribution in [0.2, 0.25) is 0 Å². The molecule has 0 fully saturated rings. The summed E-state index contributed by atoms with van der Waals surface area (Å²) in [6.45, 7) is 2.07. The first kappa shape index (κ1) is 10.3. The van der Waals surface area contributed by atoms with Crippen LogP contribution in [0, 0.1) is 0 Å². The van der Waals surface area contributed by atoms with Crippen LogP contribution in [0.5, 0.6) is 5.75 Å². The zero-order valence-electron chi connectivity index (χ0n) is 9.75. The summed E-state index contributed by atoms with van der Waals surface area (Å²) in [6, 6.07) is 12.5. The molecule has 4 heteroatoms. The summed E-state index contributed by atoms with van der Waals surface area (Å²) < 4.78 is 11.5. The number of benzene rings is 2. The molecule has 0 spiro atoms. The Morgan fingerprint density at radius 2 is 2.06 bits per heavy atom. The van der Waals surface area contributed by atoms with Crippen molar-refractivity contribution in [3.8, 4) is 17.0 Å². The summed E-state index contributed by atoms with van der Waals surface area (Å²) in [7, 11) is 0. The third-order valence-electron chi connectivity index (χ3n) is 3.31. The van der Waals surface area contributed by atoms with Gasteiger partial charge in [0.2, 0.25) is 0 Å². The summed E-state index contributed by atoms with van der Waals surface area (Å²) in [4.78, 5) is 0. The standard InChI is InChI=1S/C14H10N2OSe/c1-8-14-13(15-16-18-14)12-10-5-3-2-4-9(10)6-7-11(12)17-8/h2-8H,1H3. The van der Waals surface area contributed by atoms with Crippen molar-refractivity contribution in [3.63, 3.8) is 0 Å². The molecule has 0 bridgehead atoms. The van der Waals surface area contributed by atoms with Crippen LogP contribution in [0.3, 0.4) is 0 Å². The van der Waals surface area contributed by atoms with E-state index in [2.05, 4.69) is 46.4 Å². The quantitative estimate of drug-likeness (QED) is 0.599. The Balaban J connectivity index is 2.14. The molecule has 0 saturated carbocycles. The topological polar surface area (TPSA) is 35.0 Å². The average molecular weight is 301 g/mol. The number of hydrogen-bond donors (Lipinski definition) is 0. The fraction of sp³-hybridized carbons (Fsp3) is 0.143. The Bertz CT molecular complexity index is 750. The van der Waals surface area contributed by atoms with Gasteiger partial charge in [-0.1, -0.05) is 0 Å². The normalized spacial score (nSPS) is 17.1. The van der Waals surface area contributed by atoms with Gasteiger partial charge in [-0.05, 0) is 0 Å². The molecular formula is C14H10N2OSe. The Morgan fingerprint density at radius 1 is 1.17 bits per heavy atom. The molecule has 0 radical (unpaired) electrons. The minimum absolute atomic E-state index is 0.101. The second-order valence-electron chi connectivity index (χ2n) is 4.41. The van der Waals surface area contributed by atoms with Gasteiger partial charge in [-0.25, -0.2) is 0 Å². The van der Waals surface area contributed by atoms with Gasteiger partial charge in [0, 0.05) is 0 Å². The fourth-order valence-corrected chi connectivity index (χ4v) is 3.81. The molecule has 2 aromatic carbocycles. The predicted molar refractivity (Wildman–Crippen MR) is 71.0 cm³/mol. The monoisotopic (exact) mass is 302 g/mol. The van der Waals surface area contributed by atoms with E-state index in [0.29, 0.717) is 0 Å². The third kappa shape index (κ3) is 1.30. The van der Waals surface area contributed by atoms with E-state index < -0.39 is 0 Å². The van der Waals surface area contributed by atoms with E-state index in [9.17, 15) is 0 Å². The van der Waals surface area contributed by atoms with Crippen molar-refractivity contribution in [3.05, 3.63) is 40.8 Å². The second-order valence-corrected chi connectivity index (χ2v) is 6.05. The Hall–Kier alpha value is -1.64. The molecule has 4 rings (SSSR count). The van der Waals surface area contributed by atoms with E-state index >= 15 is 0 Å². The van der Waals surface area contributed by atoms with E-state index in [0.717, 1.165) is 17.0 Å². The first-order chi connectivity index (χ1) is 8.84. The van der Waals surface area contributed by atoms with Crippen LogP contribution in [-0.4, -0.2) is 23.9 Å². The second kappa shape index (κ2) is 3.67. The molecule has 0 saturated heterocycles. The molecule has 0 N–H and O–H groups in total. The van der Waals surface area contributed by atoms with Crippen LogP contribution in [0.1, 0.15) is 17.5 Å². The van der Waals surface area contributed by atoms with Gasteiger partial charge in [0.15, 0.2) is 0 Å². The zero-order valence-corrected chi connectivity index (χ0v) is 11.5. The number of rotatable bonds is 0. The average Bonchev–Trinajstić information content (AvgIpc) is 2.88. The van der Waals surface area contributed by atoms with Gasteiger partial charge in [0.05, 0.1) is 0 Å². The van der Waals surface area contributed by atoms with Crippen LogP contribution in [0.4, 0.5) is 0 Å². The number of ether oxygens (including phenoxy) is 1. The molecule has 1 atom stereocenters. The summed E-state index contributed by atoms with van der Waals surface area (Å²) in [5, 5.41) is 6.77. The van der Waals surface area contributed by atoms with Crippen molar-refractivity contribution in [1.82, 2.24) is 9.19 Å². The molecule has 0 amide bonds. The fourth-order valence-electron chi connectivity index (χ4n) is 2.48. The van der Waals surface area contributed by atoms with Crippen LogP contribution in [0.15, 0.2) is 36.4 Å². The summed E-state index contributed by atoms with van der Waals surface area (Å²) in [5.74, 6) is 0.927. The molecule has 18 heavy (non-hydrogen) atoms.